The van der Waals surface area contributed by atoms with Gasteiger partial charge in [-0.1, -0.05) is 45.8 Å². The van der Waals surface area contributed by atoms with E-state index < -0.39 is 0 Å². The highest BCUT2D eigenvalue weighted by molar-refractivity contribution is 5.38. The van der Waals surface area contributed by atoms with E-state index in [1.54, 1.807) is 5.57 Å². The van der Waals surface area contributed by atoms with Crippen molar-refractivity contribution in [1.29, 1.82) is 0 Å². The summed E-state index contributed by atoms with van der Waals surface area (Å²) in [6.45, 7) is 12.2. The predicted molar refractivity (Wildman–Crippen MR) is 85.9 cm³/mol. The largest absolute Gasteiger partial charge is 0.396 e. The van der Waals surface area contributed by atoms with Gasteiger partial charge in [0.05, 0.1) is 13.2 Å². The maximum Gasteiger partial charge on any atom is 0.0525 e. The first-order valence-corrected chi connectivity index (χ1v) is 8.51. The summed E-state index contributed by atoms with van der Waals surface area (Å²) in [6, 6.07) is 0. The second kappa shape index (κ2) is 4.35. The van der Waals surface area contributed by atoms with Gasteiger partial charge in [0.25, 0.3) is 0 Å². The summed E-state index contributed by atoms with van der Waals surface area (Å²) in [6.07, 6.45) is 5.70. The molecule has 1 fully saturated rings. The summed E-state index contributed by atoms with van der Waals surface area (Å²) in [5.41, 5.74) is 3.68. The molecule has 3 rings (SSSR count). The van der Waals surface area contributed by atoms with Crippen LogP contribution in [0, 0.1) is 27.6 Å². The molecule has 2 N–H and O–H groups in total. The maximum absolute atomic E-state index is 10.4. The summed E-state index contributed by atoms with van der Waals surface area (Å²) >= 11 is 0. The normalized spacial score (nSPS) is 43.9. The minimum atomic E-state index is -0.0781. The summed E-state index contributed by atoms with van der Waals surface area (Å²) in [5, 5.41) is 20.4. The molecular weight excluding hydrogens is 260 g/mol. The number of fused-ring (bicyclic) bond motifs is 3. The minimum Gasteiger partial charge on any atom is -0.396 e. The Bertz CT molecular complexity index is 488. The topological polar surface area (TPSA) is 40.5 Å². The zero-order valence-electron chi connectivity index (χ0n) is 14.4. The molecule has 3 unspecified atom stereocenters. The minimum absolute atomic E-state index is 0.0781. The number of hydrogen-bond acceptors (Lipinski definition) is 2. The number of rotatable bonds is 2. The number of aliphatic hydroxyl groups is 2. The summed E-state index contributed by atoms with van der Waals surface area (Å²) in [4.78, 5) is 0. The number of hydrogen-bond donors (Lipinski definition) is 2. The predicted octanol–water partition coefficient (Wildman–Crippen LogP) is 3.92. The molecule has 21 heavy (non-hydrogen) atoms. The molecule has 0 aromatic heterocycles. The first kappa shape index (κ1) is 15.6. The van der Waals surface area contributed by atoms with Crippen molar-refractivity contribution in [2.75, 3.05) is 13.2 Å². The van der Waals surface area contributed by atoms with Gasteiger partial charge in [-0.3, -0.25) is 0 Å². The Morgan fingerprint density at radius 3 is 2.19 bits per heavy atom. The molecule has 0 aromatic carbocycles. The lowest BCUT2D eigenvalue weighted by molar-refractivity contribution is -0.0404. The van der Waals surface area contributed by atoms with Crippen LogP contribution in [-0.2, 0) is 0 Å². The van der Waals surface area contributed by atoms with Gasteiger partial charge in [-0.25, -0.2) is 0 Å². The van der Waals surface area contributed by atoms with Crippen molar-refractivity contribution in [3.63, 3.8) is 0 Å². The second-order valence-electron chi connectivity index (χ2n) is 10.0. The highest BCUT2D eigenvalue weighted by Gasteiger charge is 2.59. The fraction of sp³-hybridized carbons (Fsp3) is 0.895. The molecule has 0 heterocycles. The number of aliphatic hydroxyl groups excluding tert-OH is 2. The zero-order valence-corrected chi connectivity index (χ0v) is 14.4. The fourth-order valence-electron chi connectivity index (χ4n) is 6.75. The van der Waals surface area contributed by atoms with E-state index in [4.69, 9.17) is 0 Å². The van der Waals surface area contributed by atoms with Crippen molar-refractivity contribution in [3.05, 3.63) is 11.1 Å². The first-order chi connectivity index (χ1) is 9.56. The Labute approximate surface area is 129 Å². The molecule has 2 bridgehead atoms. The van der Waals surface area contributed by atoms with Crippen molar-refractivity contribution in [1.82, 2.24) is 0 Å². The highest BCUT2D eigenvalue weighted by Crippen LogP contribution is 2.68. The Morgan fingerprint density at radius 2 is 1.62 bits per heavy atom. The standard InChI is InChI=1S/C19H32O2/c1-16(2)9-18(5)7-13-6-17(3,4)14(8-20)15(13)19(10-16,11-18)12-21/h14,20-21H,6-12H2,1-5H3. The van der Waals surface area contributed by atoms with Crippen LogP contribution in [-0.4, -0.2) is 23.4 Å². The van der Waals surface area contributed by atoms with E-state index in [1.165, 1.54) is 18.4 Å². The Hall–Kier alpha value is -0.340. The molecule has 0 saturated heterocycles. The van der Waals surface area contributed by atoms with Gasteiger partial charge >= 0.3 is 0 Å². The zero-order chi connectivity index (χ0) is 15.7. The Kier molecular flexibility index (Phi) is 3.22. The van der Waals surface area contributed by atoms with Crippen molar-refractivity contribution in [2.45, 2.75) is 66.7 Å². The van der Waals surface area contributed by atoms with Gasteiger partial charge in [0.15, 0.2) is 0 Å². The van der Waals surface area contributed by atoms with Crippen molar-refractivity contribution < 1.29 is 10.2 Å². The molecule has 1 saturated carbocycles. The molecule has 3 atom stereocenters. The molecule has 3 aliphatic rings. The van der Waals surface area contributed by atoms with Crippen LogP contribution in [0.5, 0.6) is 0 Å². The molecule has 0 radical (unpaired) electrons. The lowest BCUT2D eigenvalue weighted by Gasteiger charge is -2.57. The molecule has 2 heteroatoms. The lowest BCUT2D eigenvalue weighted by atomic mass is 9.47. The molecule has 120 valence electrons. The van der Waals surface area contributed by atoms with Crippen molar-refractivity contribution in [3.8, 4) is 0 Å². The lowest BCUT2D eigenvalue weighted by Crippen LogP contribution is -2.49. The Morgan fingerprint density at radius 1 is 0.952 bits per heavy atom. The Balaban J connectivity index is 2.13. The van der Waals surface area contributed by atoms with Crippen LogP contribution in [0.25, 0.3) is 0 Å². The molecular formula is C19H32O2. The average Bonchev–Trinajstić information content (AvgIpc) is 2.55. The molecule has 0 amide bonds. The van der Waals surface area contributed by atoms with Crippen LogP contribution in [0.2, 0.25) is 0 Å². The third kappa shape index (κ3) is 2.21. The van der Waals surface area contributed by atoms with Gasteiger partial charge < -0.3 is 10.2 Å². The van der Waals surface area contributed by atoms with Crippen LogP contribution in [0.3, 0.4) is 0 Å². The molecule has 2 nitrogen and oxygen atoms in total. The molecule has 0 aromatic rings. The van der Waals surface area contributed by atoms with Crippen LogP contribution in [0.1, 0.15) is 66.7 Å². The summed E-state index contributed by atoms with van der Waals surface area (Å²) in [7, 11) is 0. The molecule has 0 spiro atoms. The van der Waals surface area contributed by atoms with Crippen LogP contribution in [0.15, 0.2) is 11.1 Å². The maximum atomic E-state index is 10.4. The van der Waals surface area contributed by atoms with Crippen molar-refractivity contribution in [2.24, 2.45) is 27.6 Å². The molecule has 3 aliphatic carbocycles. The fourth-order valence-corrected chi connectivity index (χ4v) is 6.75. The molecule has 0 aliphatic heterocycles. The van der Waals surface area contributed by atoms with Crippen LogP contribution >= 0.6 is 0 Å². The van der Waals surface area contributed by atoms with E-state index in [1.807, 2.05) is 0 Å². The van der Waals surface area contributed by atoms with E-state index in [9.17, 15) is 10.2 Å². The first-order valence-electron chi connectivity index (χ1n) is 8.51. The van der Waals surface area contributed by atoms with E-state index in [0.29, 0.717) is 5.41 Å². The van der Waals surface area contributed by atoms with E-state index in [2.05, 4.69) is 34.6 Å². The number of allylic oxidation sites excluding steroid dienone is 1. The van der Waals surface area contributed by atoms with E-state index in [-0.39, 0.29) is 35.4 Å². The quantitative estimate of drug-likeness (QED) is 0.757. The van der Waals surface area contributed by atoms with Gasteiger partial charge in [-0.2, -0.15) is 0 Å². The average molecular weight is 292 g/mol. The van der Waals surface area contributed by atoms with E-state index in [0.717, 1.165) is 19.3 Å². The van der Waals surface area contributed by atoms with E-state index >= 15 is 0 Å². The van der Waals surface area contributed by atoms with Crippen molar-refractivity contribution >= 4 is 0 Å². The second-order valence-corrected chi connectivity index (χ2v) is 10.0. The van der Waals surface area contributed by atoms with Gasteiger partial charge in [-0.15, -0.1) is 0 Å². The summed E-state index contributed by atoms with van der Waals surface area (Å²) in [5.74, 6) is 0.234. The third-order valence-electron chi connectivity index (χ3n) is 6.53. The highest BCUT2D eigenvalue weighted by atomic mass is 16.3. The smallest absolute Gasteiger partial charge is 0.0525 e. The summed E-state index contributed by atoms with van der Waals surface area (Å²) < 4.78 is 0. The third-order valence-corrected chi connectivity index (χ3v) is 6.53. The van der Waals surface area contributed by atoms with Crippen LogP contribution in [0.4, 0.5) is 0 Å². The van der Waals surface area contributed by atoms with Crippen LogP contribution < -0.4 is 0 Å². The SMILES string of the molecule is CC1(C)CC2(C)CC3=C(C(CO)C(C)(C)C3)C(CO)(C1)C2. The van der Waals surface area contributed by atoms with Gasteiger partial charge in [0, 0.05) is 11.3 Å². The van der Waals surface area contributed by atoms with Gasteiger partial charge in [0.2, 0.25) is 0 Å². The monoisotopic (exact) mass is 292 g/mol. The van der Waals surface area contributed by atoms with Gasteiger partial charge in [-0.05, 0) is 48.3 Å². The van der Waals surface area contributed by atoms with Gasteiger partial charge in [0.1, 0.15) is 0 Å².